The minimum absolute atomic E-state index is 0. The summed E-state index contributed by atoms with van der Waals surface area (Å²) in [6, 6.07) is 0. The molecule has 1 rings (SSSR count). The maximum Gasteiger partial charge on any atom is -0.0365 e. The molecule has 0 spiro atoms. The Labute approximate surface area is 90.9 Å². The molecule has 0 bridgehead atoms. The standard InChI is InChI=1S/C12H24.H2S/c1-4-12(10(2)3)11-8-6-5-7-9-11;/h10-12H,4-9H2,1-3H3;1H2/t12-;/m1./s1. The monoisotopic (exact) mass is 202 g/mol. The van der Waals surface area contributed by atoms with Crippen LogP contribution in [0, 0.1) is 17.8 Å². The van der Waals surface area contributed by atoms with E-state index in [-0.39, 0.29) is 13.5 Å². The molecular formula is C12H26S. The van der Waals surface area contributed by atoms with Gasteiger partial charge in [-0.15, -0.1) is 0 Å². The summed E-state index contributed by atoms with van der Waals surface area (Å²) in [6.07, 6.45) is 8.89. The molecule has 0 aromatic carbocycles. The zero-order valence-electron chi connectivity index (χ0n) is 9.47. The van der Waals surface area contributed by atoms with Gasteiger partial charge in [0, 0.05) is 0 Å². The number of rotatable bonds is 3. The summed E-state index contributed by atoms with van der Waals surface area (Å²) >= 11 is 0. The second kappa shape index (κ2) is 6.75. The second-order valence-corrected chi connectivity index (χ2v) is 4.71. The highest BCUT2D eigenvalue weighted by Gasteiger charge is 2.24. The Balaban J connectivity index is 0.00000144. The lowest BCUT2D eigenvalue weighted by Gasteiger charge is -2.32. The van der Waals surface area contributed by atoms with Gasteiger partial charge in [-0.05, 0) is 17.8 Å². The molecule has 1 aliphatic carbocycles. The third kappa shape index (κ3) is 3.93. The lowest BCUT2D eigenvalue weighted by atomic mass is 9.74. The Morgan fingerprint density at radius 3 is 2.00 bits per heavy atom. The van der Waals surface area contributed by atoms with Gasteiger partial charge in [0.2, 0.25) is 0 Å². The van der Waals surface area contributed by atoms with Crippen molar-refractivity contribution >= 4 is 13.5 Å². The van der Waals surface area contributed by atoms with Crippen molar-refractivity contribution in [2.45, 2.75) is 59.3 Å². The van der Waals surface area contributed by atoms with E-state index in [2.05, 4.69) is 20.8 Å². The van der Waals surface area contributed by atoms with Crippen LogP contribution in [0.4, 0.5) is 0 Å². The van der Waals surface area contributed by atoms with Gasteiger partial charge in [-0.25, -0.2) is 0 Å². The first-order valence-electron chi connectivity index (χ1n) is 5.75. The minimum Gasteiger partial charge on any atom is -0.197 e. The molecule has 13 heavy (non-hydrogen) atoms. The minimum atomic E-state index is 0. The molecule has 0 unspecified atom stereocenters. The summed E-state index contributed by atoms with van der Waals surface area (Å²) in [5.41, 5.74) is 0. The van der Waals surface area contributed by atoms with Crippen LogP contribution >= 0.6 is 13.5 Å². The highest BCUT2D eigenvalue weighted by Crippen LogP contribution is 2.35. The molecule has 0 N–H and O–H groups in total. The van der Waals surface area contributed by atoms with Crippen molar-refractivity contribution in [2.24, 2.45) is 17.8 Å². The van der Waals surface area contributed by atoms with Crippen molar-refractivity contribution in [2.75, 3.05) is 0 Å². The van der Waals surface area contributed by atoms with Crippen molar-refractivity contribution in [1.82, 2.24) is 0 Å². The van der Waals surface area contributed by atoms with Gasteiger partial charge in [-0.3, -0.25) is 0 Å². The summed E-state index contributed by atoms with van der Waals surface area (Å²) in [4.78, 5) is 0. The average Bonchev–Trinajstić information content (AvgIpc) is 2.07. The highest BCUT2D eigenvalue weighted by atomic mass is 32.1. The van der Waals surface area contributed by atoms with Gasteiger partial charge in [0.1, 0.15) is 0 Å². The zero-order valence-corrected chi connectivity index (χ0v) is 10.5. The highest BCUT2D eigenvalue weighted by molar-refractivity contribution is 7.59. The molecule has 0 radical (unpaired) electrons. The maximum absolute atomic E-state index is 2.39. The van der Waals surface area contributed by atoms with Crippen LogP contribution in [0.25, 0.3) is 0 Å². The molecule has 0 aromatic heterocycles. The van der Waals surface area contributed by atoms with Crippen molar-refractivity contribution in [3.63, 3.8) is 0 Å². The van der Waals surface area contributed by atoms with Crippen LogP contribution in [0.5, 0.6) is 0 Å². The molecule has 1 saturated carbocycles. The van der Waals surface area contributed by atoms with Gasteiger partial charge >= 0.3 is 0 Å². The summed E-state index contributed by atoms with van der Waals surface area (Å²) in [5, 5.41) is 0. The van der Waals surface area contributed by atoms with Crippen LogP contribution in [0.3, 0.4) is 0 Å². The lowest BCUT2D eigenvalue weighted by molar-refractivity contribution is 0.190. The van der Waals surface area contributed by atoms with Gasteiger partial charge in [-0.2, -0.15) is 13.5 Å². The first kappa shape index (κ1) is 13.4. The van der Waals surface area contributed by atoms with E-state index >= 15 is 0 Å². The summed E-state index contributed by atoms with van der Waals surface area (Å²) < 4.78 is 0. The Hall–Kier alpha value is 0.350. The van der Waals surface area contributed by atoms with E-state index in [9.17, 15) is 0 Å². The quantitative estimate of drug-likeness (QED) is 0.638. The van der Waals surface area contributed by atoms with Crippen molar-refractivity contribution in [1.29, 1.82) is 0 Å². The molecule has 0 aromatic rings. The van der Waals surface area contributed by atoms with E-state index in [1.54, 1.807) is 0 Å². The fourth-order valence-electron chi connectivity index (χ4n) is 2.91. The molecule has 1 fully saturated rings. The van der Waals surface area contributed by atoms with E-state index in [4.69, 9.17) is 0 Å². The Morgan fingerprint density at radius 2 is 1.62 bits per heavy atom. The van der Waals surface area contributed by atoms with Crippen molar-refractivity contribution in [3.8, 4) is 0 Å². The average molecular weight is 202 g/mol. The predicted molar refractivity (Wildman–Crippen MR) is 65.6 cm³/mol. The predicted octanol–water partition coefficient (Wildman–Crippen LogP) is 4.36. The Morgan fingerprint density at radius 1 is 1.08 bits per heavy atom. The normalized spacial score (nSPS) is 21.2. The maximum atomic E-state index is 2.39. The summed E-state index contributed by atoms with van der Waals surface area (Å²) in [5.74, 6) is 2.96. The van der Waals surface area contributed by atoms with Crippen LogP contribution in [-0.4, -0.2) is 0 Å². The Bertz CT molecular complexity index is 114. The van der Waals surface area contributed by atoms with Gasteiger partial charge in [-0.1, -0.05) is 59.3 Å². The molecule has 0 aliphatic heterocycles. The molecule has 1 atom stereocenters. The lowest BCUT2D eigenvalue weighted by Crippen LogP contribution is -2.21. The van der Waals surface area contributed by atoms with E-state index in [1.165, 1.54) is 38.5 Å². The third-order valence-corrected chi connectivity index (χ3v) is 3.58. The van der Waals surface area contributed by atoms with E-state index in [0.717, 1.165) is 17.8 Å². The van der Waals surface area contributed by atoms with Gasteiger partial charge in [0.15, 0.2) is 0 Å². The SMILES string of the molecule is CC[C@H](C(C)C)C1CCCCC1.S. The largest absolute Gasteiger partial charge is 0.197 e. The van der Waals surface area contributed by atoms with Crippen molar-refractivity contribution in [3.05, 3.63) is 0 Å². The fraction of sp³-hybridized carbons (Fsp3) is 1.00. The first-order valence-corrected chi connectivity index (χ1v) is 5.75. The first-order chi connectivity index (χ1) is 5.75. The molecule has 1 heteroatoms. The van der Waals surface area contributed by atoms with Crippen LogP contribution in [0.1, 0.15) is 59.3 Å². The van der Waals surface area contributed by atoms with Gasteiger partial charge in [0.25, 0.3) is 0 Å². The van der Waals surface area contributed by atoms with Crippen LogP contribution in [-0.2, 0) is 0 Å². The summed E-state index contributed by atoms with van der Waals surface area (Å²) in [7, 11) is 0. The molecule has 80 valence electrons. The number of hydrogen-bond acceptors (Lipinski definition) is 0. The molecule has 0 saturated heterocycles. The molecule has 1 aliphatic rings. The van der Waals surface area contributed by atoms with E-state index in [1.807, 2.05) is 0 Å². The fourth-order valence-corrected chi connectivity index (χ4v) is 2.91. The smallest absolute Gasteiger partial charge is 0.0365 e. The second-order valence-electron chi connectivity index (χ2n) is 4.71. The van der Waals surface area contributed by atoms with Crippen molar-refractivity contribution < 1.29 is 0 Å². The number of hydrogen-bond donors (Lipinski definition) is 0. The molecule has 0 amide bonds. The van der Waals surface area contributed by atoms with Gasteiger partial charge in [0.05, 0.1) is 0 Å². The van der Waals surface area contributed by atoms with E-state index < -0.39 is 0 Å². The zero-order chi connectivity index (χ0) is 8.97. The third-order valence-electron chi connectivity index (χ3n) is 3.58. The molecule has 0 nitrogen and oxygen atoms in total. The van der Waals surface area contributed by atoms with Crippen LogP contribution < -0.4 is 0 Å². The topological polar surface area (TPSA) is 0 Å². The van der Waals surface area contributed by atoms with Crippen LogP contribution in [0.2, 0.25) is 0 Å². The molecular weight excluding hydrogens is 176 g/mol. The molecule has 0 heterocycles. The van der Waals surface area contributed by atoms with E-state index in [0.29, 0.717) is 0 Å². The Kier molecular flexibility index (Phi) is 6.93. The van der Waals surface area contributed by atoms with Crippen LogP contribution in [0.15, 0.2) is 0 Å². The van der Waals surface area contributed by atoms with Gasteiger partial charge < -0.3 is 0 Å². The summed E-state index contributed by atoms with van der Waals surface area (Å²) in [6.45, 7) is 7.14.